The van der Waals surface area contributed by atoms with Crippen molar-refractivity contribution in [1.29, 1.82) is 0 Å². The summed E-state index contributed by atoms with van der Waals surface area (Å²) in [5, 5.41) is 0. The van der Waals surface area contributed by atoms with Crippen LogP contribution in [-0.2, 0) is 19.4 Å². The second kappa shape index (κ2) is 7.13. The van der Waals surface area contributed by atoms with Gasteiger partial charge in [-0.05, 0) is 31.0 Å². The Bertz CT molecular complexity index is 771. The van der Waals surface area contributed by atoms with Gasteiger partial charge < -0.3 is 14.5 Å². The number of morpholine rings is 1. The zero-order valence-electron chi connectivity index (χ0n) is 14.2. The van der Waals surface area contributed by atoms with Crippen molar-refractivity contribution in [2.75, 3.05) is 39.1 Å². The van der Waals surface area contributed by atoms with Gasteiger partial charge in [0.15, 0.2) is 9.84 Å². The number of carbonyl (C=O) groups excluding carboxylic acids is 2. The second-order valence-electron chi connectivity index (χ2n) is 6.39. The number of carbonyl (C=O) groups is 2. The molecule has 0 radical (unpaired) electrons. The van der Waals surface area contributed by atoms with Crippen molar-refractivity contribution in [3.05, 3.63) is 29.8 Å². The van der Waals surface area contributed by atoms with Gasteiger partial charge >= 0.3 is 0 Å². The van der Waals surface area contributed by atoms with Crippen molar-refractivity contribution in [3.8, 4) is 0 Å². The van der Waals surface area contributed by atoms with Gasteiger partial charge in [-0.2, -0.15) is 0 Å². The van der Waals surface area contributed by atoms with E-state index >= 15 is 0 Å². The first-order valence-electron chi connectivity index (χ1n) is 8.35. The van der Waals surface area contributed by atoms with Gasteiger partial charge in [-0.3, -0.25) is 9.59 Å². The molecule has 1 atom stereocenters. The largest absolute Gasteiger partial charge is 0.378 e. The van der Waals surface area contributed by atoms with Crippen LogP contribution < -0.4 is 0 Å². The predicted molar refractivity (Wildman–Crippen MR) is 91.0 cm³/mol. The molecule has 3 rings (SSSR count). The van der Waals surface area contributed by atoms with Gasteiger partial charge in [0, 0.05) is 31.5 Å². The van der Waals surface area contributed by atoms with Gasteiger partial charge in [-0.25, -0.2) is 8.42 Å². The van der Waals surface area contributed by atoms with E-state index in [2.05, 4.69) is 0 Å². The maximum atomic E-state index is 12.9. The number of benzene rings is 1. The van der Waals surface area contributed by atoms with Crippen molar-refractivity contribution in [1.82, 2.24) is 9.80 Å². The molecule has 0 aromatic heterocycles. The molecule has 2 aliphatic heterocycles. The Labute approximate surface area is 147 Å². The van der Waals surface area contributed by atoms with Gasteiger partial charge in [0.05, 0.1) is 18.1 Å². The van der Waals surface area contributed by atoms with Crippen molar-refractivity contribution in [2.24, 2.45) is 0 Å². The molecular weight excluding hydrogens is 344 g/mol. The number of likely N-dealkylation sites (tertiary alicyclic amines) is 1. The van der Waals surface area contributed by atoms with Crippen molar-refractivity contribution >= 4 is 21.7 Å². The van der Waals surface area contributed by atoms with Crippen LogP contribution in [0.25, 0.3) is 0 Å². The van der Waals surface area contributed by atoms with Crippen molar-refractivity contribution in [3.63, 3.8) is 0 Å². The highest BCUT2D eigenvalue weighted by molar-refractivity contribution is 7.90. The quantitative estimate of drug-likeness (QED) is 0.780. The summed E-state index contributed by atoms with van der Waals surface area (Å²) >= 11 is 0. The minimum atomic E-state index is -3.39. The van der Waals surface area contributed by atoms with E-state index in [1.54, 1.807) is 21.9 Å². The van der Waals surface area contributed by atoms with E-state index in [4.69, 9.17) is 4.74 Å². The van der Waals surface area contributed by atoms with E-state index in [0.717, 1.165) is 12.7 Å². The van der Waals surface area contributed by atoms with Gasteiger partial charge in [0.2, 0.25) is 5.91 Å². The van der Waals surface area contributed by atoms with E-state index in [1.807, 2.05) is 0 Å². The molecule has 2 fully saturated rings. The van der Waals surface area contributed by atoms with E-state index < -0.39 is 15.9 Å². The Kier molecular flexibility index (Phi) is 5.10. The second-order valence-corrected chi connectivity index (χ2v) is 8.41. The molecule has 0 N–H and O–H groups in total. The minimum Gasteiger partial charge on any atom is -0.378 e. The summed E-state index contributed by atoms with van der Waals surface area (Å²) in [6, 6.07) is 5.51. The molecule has 0 unspecified atom stereocenters. The summed E-state index contributed by atoms with van der Waals surface area (Å²) in [6.07, 6.45) is 2.50. The molecule has 1 aromatic carbocycles. The van der Waals surface area contributed by atoms with Gasteiger partial charge in [0.1, 0.15) is 6.04 Å². The summed E-state index contributed by atoms with van der Waals surface area (Å²) in [7, 11) is -3.39. The summed E-state index contributed by atoms with van der Waals surface area (Å²) < 4.78 is 28.7. The average molecular weight is 366 g/mol. The number of ether oxygens (including phenoxy) is 1. The lowest BCUT2D eigenvalue weighted by Gasteiger charge is -2.32. The highest BCUT2D eigenvalue weighted by Gasteiger charge is 2.37. The van der Waals surface area contributed by atoms with Crippen LogP contribution in [0.5, 0.6) is 0 Å². The minimum absolute atomic E-state index is 0.0478. The zero-order chi connectivity index (χ0) is 18.0. The number of hydrogen-bond acceptors (Lipinski definition) is 5. The lowest BCUT2D eigenvalue weighted by atomic mass is 10.1. The van der Waals surface area contributed by atoms with E-state index in [1.165, 1.54) is 12.1 Å². The van der Waals surface area contributed by atoms with Crippen molar-refractivity contribution in [2.45, 2.75) is 23.8 Å². The lowest BCUT2D eigenvalue weighted by Crippen LogP contribution is -2.51. The fourth-order valence-electron chi connectivity index (χ4n) is 3.29. The van der Waals surface area contributed by atoms with Crippen LogP contribution in [0, 0.1) is 0 Å². The molecule has 2 saturated heterocycles. The van der Waals surface area contributed by atoms with Gasteiger partial charge in [-0.1, -0.05) is 6.07 Å². The third-order valence-electron chi connectivity index (χ3n) is 4.63. The molecule has 0 spiro atoms. The molecule has 25 heavy (non-hydrogen) atoms. The third kappa shape index (κ3) is 3.85. The highest BCUT2D eigenvalue weighted by Crippen LogP contribution is 2.23. The van der Waals surface area contributed by atoms with Crippen LogP contribution in [0.15, 0.2) is 29.2 Å². The van der Waals surface area contributed by atoms with Crippen LogP contribution in [-0.4, -0.2) is 75.2 Å². The van der Waals surface area contributed by atoms with Crippen molar-refractivity contribution < 1.29 is 22.7 Å². The van der Waals surface area contributed by atoms with Crippen LogP contribution in [0.4, 0.5) is 0 Å². The predicted octanol–water partition coefficient (Wildman–Crippen LogP) is 0.554. The Morgan fingerprint density at radius 2 is 1.88 bits per heavy atom. The van der Waals surface area contributed by atoms with Crippen LogP contribution in [0.1, 0.15) is 23.2 Å². The summed E-state index contributed by atoms with van der Waals surface area (Å²) in [6.45, 7) is 2.62. The standard InChI is InChI=1S/C17H22N2O5S/c1-25(22,23)14-5-2-4-13(12-14)16(20)19-7-3-6-15(19)17(21)18-8-10-24-11-9-18/h2,4-5,12,15H,3,6-11H2,1H3/t15-/m0/s1. The van der Waals surface area contributed by atoms with Gasteiger partial charge in [0.25, 0.3) is 5.91 Å². The van der Waals surface area contributed by atoms with Crippen LogP contribution in [0.2, 0.25) is 0 Å². The lowest BCUT2D eigenvalue weighted by molar-refractivity contribution is -0.139. The topological polar surface area (TPSA) is 84.0 Å². The number of amides is 2. The monoisotopic (exact) mass is 366 g/mol. The van der Waals surface area contributed by atoms with Crippen LogP contribution >= 0.6 is 0 Å². The average Bonchev–Trinajstić information content (AvgIpc) is 3.10. The highest BCUT2D eigenvalue weighted by atomic mass is 32.2. The third-order valence-corrected chi connectivity index (χ3v) is 5.74. The summed E-state index contributed by atoms with van der Waals surface area (Å²) in [5.74, 6) is -0.344. The maximum Gasteiger partial charge on any atom is 0.254 e. The van der Waals surface area contributed by atoms with Crippen LogP contribution in [0.3, 0.4) is 0 Å². The summed E-state index contributed by atoms with van der Waals surface area (Å²) in [4.78, 5) is 29.0. The smallest absolute Gasteiger partial charge is 0.254 e. The molecule has 1 aromatic rings. The molecule has 2 aliphatic rings. The summed E-state index contributed by atoms with van der Waals surface area (Å²) in [5.41, 5.74) is 0.296. The molecular formula is C17H22N2O5S. The van der Waals surface area contributed by atoms with E-state index in [9.17, 15) is 18.0 Å². The molecule has 0 saturated carbocycles. The first-order valence-corrected chi connectivity index (χ1v) is 10.2. The molecule has 0 bridgehead atoms. The molecule has 2 amide bonds. The first kappa shape index (κ1) is 17.9. The van der Waals surface area contributed by atoms with Gasteiger partial charge in [-0.15, -0.1) is 0 Å². The maximum absolute atomic E-state index is 12.9. The first-order chi connectivity index (χ1) is 11.9. The zero-order valence-corrected chi connectivity index (χ0v) is 15.0. The molecule has 136 valence electrons. The number of rotatable bonds is 3. The number of nitrogens with zero attached hydrogens (tertiary/aromatic N) is 2. The Balaban J connectivity index is 1.80. The van der Waals surface area contributed by atoms with E-state index in [-0.39, 0.29) is 16.7 Å². The molecule has 8 heteroatoms. The molecule has 0 aliphatic carbocycles. The fourth-order valence-corrected chi connectivity index (χ4v) is 3.95. The fraction of sp³-hybridized carbons (Fsp3) is 0.529. The Morgan fingerprint density at radius 3 is 2.56 bits per heavy atom. The Hall–Kier alpha value is -1.93. The SMILES string of the molecule is CS(=O)(=O)c1cccc(C(=O)N2CCC[C@H]2C(=O)N2CCOCC2)c1. The van der Waals surface area contributed by atoms with E-state index in [0.29, 0.717) is 44.8 Å². The molecule has 7 nitrogen and oxygen atoms in total. The Morgan fingerprint density at radius 1 is 1.16 bits per heavy atom. The number of sulfone groups is 1. The normalized spacial score (nSPS) is 21.4. The number of hydrogen-bond donors (Lipinski definition) is 0. The molecule has 2 heterocycles.